The van der Waals surface area contributed by atoms with E-state index < -0.39 is 6.10 Å². The third kappa shape index (κ3) is 3.71. The number of ether oxygens (including phenoxy) is 1. The molecule has 0 amide bonds. The molecule has 4 heteroatoms. The van der Waals surface area contributed by atoms with Gasteiger partial charge in [-0.2, -0.15) is 0 Å². The number of aliphatic hydroxyl groups excluding tert-OH is 1. The maximum absolute atomic E-state index is 9.54. The van der Waals surface area contributed by atoms with Gasteiger partial charge in [0.15, 0.2) is 0 Å². The molecule has 0 bridgehead atoms. The molecule has 2 unspecified atom stereocenters. The predicted octanol–water partition coefficient (Wildman–Crippen LogP) is 3.77. The summed E-state index contributed by atoms with van der Waals surface area (Å²) in [6, 6.07) is 6.11. The van der Waals surface area contributed by atoms with Gasteiger partial charge in [-0.15, -0.1) is 11.8 Å². The number of aliphatic hydroxyl groups is 1. The Morgan fingerprint density at radius 1 is 1.59 bits per heavy atom. The Kier molecular flexibility index (Phi) is 4.91. The Morgan fingerprint density at radius 3 is 3.00 bits per heavy atom. The molecule has 2 rings (SSSR count). The van der Waals surface area contributed by atoms with Gasteiger partial charge in [-0.25, -0.2) is 0 Å². The van der Waals surface area contributed by atoms with Crippen molar-refractivity contribution in [2.75, 3.05) is 12.4 Å². The Bertz CT molecular complexity index is 376. The van der Waals surface area contributed by atoms with Gasteiger partial charge in [-0.3, -0.25) is 0 Å². The quantitative estimate of drug-likeness (QED) is 0.857. The van der Waals surface area contributed by atoms with Crippen LogP contribution in [-0.2, 0) is 4.74 Å². The van der Waals surface area contributed by atoms with E-state index in [1.165, 1.54) is 17.7 Å². The molecule has 1 aromatic rings. The van der Waals surface area contributed by atoms with Gasteiger partial charge in [-0.05, 0) is 37.5 Å². The minimum absolute atomic E-state index is 0.412. The fraction of sp³-hybridized carbons (Fsp3) is 0.538. The third-order valence-corrected chi connectivity index (χ3v) is 4.69. The van der Waals surface area contributed by atoms with E-state index in [1.54, 1.807) is 6.92 Å². The van der Waals surface area contributed by atoms with E-state index in [9.17, 15) is 5.11 Å². The largest absolute Gasteiger partial charge is 0.389 e. The van der Waals surface area contributed by atoms with Gasteiger partial charge in [0, 0.05) is 21.7 Å². The van der Waals surface area contributed by atoms with Crippen molar-refractivity contribution in [2.24, 2.45) is 0 Å². The van der Waals surface area contributed by atoms with Gasteiger partial charge in [0.05, 0.1) is 12.2 Å². The van der Waals surface area contributed by atoms with Crippen LogP contribution in [0.25, 0.3) is 0 Å². The number of benzene rings is 1. The molecule has 2 atom stereocenters. The van der Waals surface area contributed by atoms with Crippen LogP contribution in [0.3, 0.4) is 0 Å². The number of hydrogen-bond acceptors (Lipinski definition) is 3. The topological polar surface area (TPSA) is 29.5 Å². The molecular formula is C13H17BrO2S. The average molecular weight is 317 g/mol. The molecule has 1 aromatic carbocycles. The molecule has 0 aliphatic carbocycles. The Morgan fingerprint density at radius 2 is 2.41 bits per heavy atom. The summed E-state index contributed by atoms with van der Waals surface area (Å²) in [5, 5.41) is 9.54. The van der Waals surface area contributed by atoms with Crippen molar-refractivity contribution in [1.82, 2.24) is 0 Å². The Balaban J connectivity index is 1.94. The van der Waals surface area contributed by atoms with Crippen LogP contribution < -0.4 is 0 Å². The molecule has 0 aromatic heterocycles. The lowest BCUT2D eigenvalue weighted by molar-refractivity contribution is 0.129. The van der Waals surface area contributed by atoms with E-state index in [-0.39, 0.29) is 0 Å². The second-order valence-electron chi connectivity index (χ2n) is 4.31. The summed E-state index contributed by atoms with van der Waals surface area (Å²) in [5.74, 6) is 1.01. The molecule has 17 heavy (non-hydrogen) atoms. The molecule has 1 aliphatic rings. The summed E-state index contributed by atoms with van der Waals surface area (Å²) in [4.78, 5) is 1.22. The summed E-state index contributed by atoms with van der Waals surface area (Å²) >= 11 is 5.31. The Labute approximate surface area is 115 Å². The van der Waals surface area contributed by atoms with Gasteiger partial charge in [0.25, 0.3) is 0 Å². The van der Waals surface area contributed by atoms with E-state index in [4.69, 9.17) is 4.74 Å². The lowest BCUT2D eigenvalue weighted by atomic mass is 10.1. The average Bonchev–Trinajstić information content (AvgIpc) is 2.78. The lowest BCUT2D eigenvalue weighted by Crippen LogP contribution is -2.07. The van der Waals surface area contributed by atoms with Crippen LogP contribution in [0.2, 0.25) is 0 Å². The number of hydrogen-bond donors (Lipinski definition) is 1. The van der Waals surface area contributed by atoms with Crippen molar-refractivity contribution in [3.63, 3.8) is 0 Å². The second-order valence-corrected chi connectivity index (χ2v) is 6.25. The summed E-state index contributed by atoms with van der Waals surface area (Å²) in [7, 11) is 0. The maximum atomic E-state index is 9.54. The summed E-state index contributed by atoms with van der Waals surface area (Å²) in [6.45, 7) is 2.69. The first-order chi connectivity index (χ1) is 8.16. The number of thioether (sulfide) groups is 1. The minimum Gasteiger partial charge on any atom is -0.389 e. The standard InChI is InChI=1S/C13H17BrO2S/c1-9(15)12-5-4-11(7-13(12)14)17-8-10-3-2-6-16-10/h4-5,7,9-10,15H,2-3,6,8H2,1H3. The van der Waals surface area contributed by atoms with Crippen LogP contribution in [-0.4, -0.2) is 23.6 Å². The molecule has 0 saturated carbocycles. The van der Waals surface area contributed by atoms with Crippen molar-refractivity contribution in [2.45, 2.75) is 36.9 Å². The molecule has 0 radical (unpaired) electrons. The van der Waals surface area contributed by atoms with E-state index in [0.717, 1.165) is 22.4 Å². The summed E-state index contributed by atoms with van der Waals surface area (Å²) in [6.07, 6.45) is 2.35. The van der Waals surface area contributed by atoms with Crippen molar-refractivity contribution >= 4 is 27.7 Å². The van der Waals surface area contributed by atoms with Crippen LogP contribution in [0.15, 0.2) is 27.6 Å². The highest BCUT2D eigenvalue weighted by Crippen LogP contribution is 2.30. The number of halogens is 1. The van der Waals surface area contributed by atoms with Crippen molar-refractivity contribution < 1.29 is 9.84 Å². The molecule has 1 fully saturated rings. The first kappa shape index (κ1) is 13.4. The number of rotatable bonds is 4. The van der Waals surface area contributed by atoms with Gasteiger partial charge in [0.1, 0.15) is 0 Å². The monoisotopic (exact) mass is 316 g/mol. The molecule has 1 N–H and O–H groups in total. The lowest BCUT2D eigenvalue weighted by Gasteiger charge is -2.11. The molecule has 1 heterocycles. The van der Waals surface area contributed by atoms with E-state index in [0.29, 0.717) is 6.10 Å². The normalized spacial score (nSPS) is 21.7. The second kappa shape index (κ2) is 6.23. The fourth-order valence-corrected chi connectivity index (χ4v) is 3.77. The van der Waals surface area contributed by atoms with Crippen LogP contribution in [0.1, 0.15) is 31.4 Å². The van der Waals surface area contributed by atoms with Crippen molar-refractivity contribution in [1.29, 1.82) is 0 Å². The van der Waals surface area contributed by atoms with Gasteiger partial charge >= 0.3 is 0 Å². The maximum Gasteiger partial charge on any atom is 0.0772 e. The summed E-state index contributed by atoms with van der Waals surface area (Å²) < 4.78 is 6.57. The zero-order valence-corrected chi connectivity index (χ0v) is 12.3. The molecule has 1 aliphatic heterocycles. The fourth-order valence-electron chi connectivity index (χ4n) is 1.90. The highest BCUT2D eigenvalue weighted by atomic mass is 79.9. The summed E-state index contributed by atoms with van der Waals surface area (Å²) in [5.41, 5.74) is 0.937. The van der Waals surface area contributed by atoms with Crippen LogP contribution in [0.5, 0.6) is 0 Å². The van der Waals surface area contributed by atoms with Crippen LogP contribution in [0.4, 0.5) is 0 Å². The van der Waals surface area contributed by atoms with Gasteiger partial charge < -0.3 is 9.84 Å². The van der Waals surface area contributed by atoms with Crippen molar-refractivity contribution in [3.05, 3.63) is 28.2 Å². The van der Waals surface area contributed by atoms with Crippen molar-refractivity contribution in [3.8, 4) is 0 Å². The highest BCUT2D eigenvalue weighted by molar-refractivity contribution is 9.10. The molecule has 94 valence electrons. The van der Waals surface area contributed by atoms with Gasteiger partial charge in [-0.1, -0.05) is 22.0 Å². The molecule has 1 saturated heterocycles. The van der Waals surface area contributed by atoms with Gasteiger partial charge in [0.2, 0.25) is 0 Å². The minimum atomic E-state index is -0.429. The van der Waals surface area contributed by atoms with E-state index in [2.05, 4.69) is 28.1 Å². The SMILES string of the molecule is CC(O)c1ccc(SCC2CCCO2)cc1Br. The predicted molar refractivity (Wildman–Crippen MR) is 74.5 cm³/mol. The van der Waals surface area contributed by atoms with E-state index >= 15 is 0 Å². The Hall–Kier alpha value is -0.0300. The van der Waals surface area contributed by atoms with Crippen LogP contribution >= 0.6 is 27.7 Å². The van der Waals surface area contributed by atoms with Crippen LogP contribution in [0, 0.1) is 0 Å². The smallest absolute Gasteiger partial charge is 0.0772 e. The third-order valence-electron chi connectivity index (χ3n) is 2.88. The first-order valence-corrected chi connectivity index (χ1v) is 7.66. The highest BCUT2D eigenvalue weighted by Gasteiger charge is 2.15. The zero-order chi connectivity index (χ0) is 12.3. The first-order valence-electron chi connectivity index (χ1n) is 5.88. The molecule has 2 nitrogen and oxygen atoms in total. The zero-order valence-electron chi connectivity index (χ0n) is 9.86. The van der Waals surface area contributed by atoms with E-state index in [1.807, 2.05) is 17.8 Å². The molecular weight excluding hydrogens is 300 g/mol. The molecule has 0 spiro atoms.